The predicted octanol–water partition coefficient (Wildman–Crippen LogP) is 2.73. The first-order valence-electron chi connectivity index (χ1n) is 4.75. The van der Waals surface area contributed by atoms with Crippen LogP contribution in [0.25, 0.3) is 0 Å². The van der Waals surface area contributed by atoms with Gasteiger partial charge in [0.15, 0.2) is 0 Å². The molecule has 16 heavy (non-hydrogen) atoms. The van der Waals surface area contributed by atoms with E-state index in [0.717, 1.165) is 5.56 Å². The van der Waals surface area contributed by atoms with Gasteiger partial charge in [0, 0.05) is 0 Å². The Morgan fingerprint density at radius 1 is 1.31 bits per heavy atom. The van der Waals surface area contributed by atoms with Gasteiger partial charge in [-0.1, -0.05) is 24.3 Å². The summed E-state index contributed by atoms with van der Waals surface area (Å²) in [5.74, 6) is -1.91. The highest BCUT2D eigenvalue weighted by atomic mass is 19.4. The van der Waals surface area contributed by atoms with Crippen molar-refractivity contribution in [3.63, 3.8) is 0 Å². The van der Waals surface area contributed by atoms with Crippen molar-refractivity contribution < 1.29 is 18.0 Å². The van der Waals surface area contributed by atoms with Crippen LogP contribution in [0.4, 0.5) is 13.2 Å². The quantitative estimate of drug-likeness (QED) is 0.833. The molecule has 0 aliphatic carbocycles. The lowest BCUT2D eigenvalue weighted by molar-refractivity contribution is -0.174. The average Bonchev–Trinajstić information content (AvgIpc) is 2.16. The van der Waals surface area contributed by atoms with E-state index in [1.54, 1.807) is 31.2 Å². The lowest BCUT2D eigenvalue weighted by atomic mass is 10.0. The lowest BCUT2D eigenvalue weighted by Crippen LogP contribution is -2.38. The number of aryl methyl sites for hydroxylation is 1. The zero-order valence-electron chi connectivity index (χ0n) is 8.93. The fourth-order valence-electron chi connectivity index (χ4n) is 1.43. The maximum absolute atomic E-state index is 12.0. The van der Waals surface area contributed by atoms with Crippen molar-refractivity contribution in [3.8, 4) is 0 Å². The number of halogens is 3. The first kappa shape index (κ1) is 12.5. The molecule has 1 aromatic carbocycles. The first-order valence-corrected chi connectivity index (χ1v) is 4.75. The molecule has 0 saturated heterocycles. The highest BCUT2D eigenvalue weighted by Crippen LogP contribution is 2.20. The van der Waals surface area contributed by atoms with Crippen LogP contribution in [-0.4, -0.2) is 12.1 Å². The maximum atomic E-state index is 12.0. The van der Waals surface area contributed by atoms with Gasteiger partial charge in [0.2, 0.25) is 0 Å². The van der Waals surface area contributed by atoms with E-state index in [0.29, 0.717) is 5.56 Å². The normalized spacial score (nSPS) is 13.3. The standard InChI is InChI=1S/C11H12F3NO/c1-7-5-3-4-6-9(7)8(2)15-10(16)11(12,13)14/h3-6,8H,1-2H3,(H,15,16). The summed E-state index contributed by atoms with van der Waals surface area (Å²) in [7, 11) is 0. The van der Waals surface area contributed by atoms with Crippen molar-refractivity contribution in [1.82, 2.24) is 5.32 Å². The number of carbonyl (C=O) groups is 1. The zero-order chi connectivity index (χ0) is 12.3. The summed E-state index contributed by atoms with van der Waals surface area (Å²) in [6.07, 6.45) is -4.84. The van der Waals surface area contributed by atoms with E-state index in [9.17, 15) is 18.0 Å². The monoisotopic (exact) mass is 231 g/mol. The number of nitrogens with one attached hydrogen (secondary N) is 1. The van der Waals surface area contributed by atoms with Crippen molar-refractivity contribution in [3.05, 3.63) is 35.4 Å². The molecule has 2 nitrogen and oxygen atoms in total. The molecule has 0 radical (unpaired) electrons. The van der Waals surface area contributed by atoms with Gasteiger partial charge in [-0.2, -0.15) is 13.2 Å². The molecule has 0 bridgehead atoms. The van der Waals surface area contributed by atoms with Crippen molar-refractivity contribution in [2.24, 2.45) is 0 Å². The molecule has 0 fully saturated rings. The largest absolute Gasteiger partial charge is 0.471 e. The molecule has 1 atom stereocenters. The Labute approximate surface area is 91.5 Å². The summed E-state index contributed by atoms with van der Waals surface area (Å²) in [5, 5.41) is 1.91. The molecule has 1 rings (SSSR count). The van der Waals surface area contributed by atoms with Gasteiger partial charge in [-0.05, 0) is 25.0 Å². The topological polar surface area (TPSA) is 29.1 Å². The fraction of sp³-hybridized carbons (Fsp3) is 0.364. The van der Waals surface area contributed by atoms with Crippen LogP contribution in [0.2, 0.25) is 0 Å². The van der Waals surface area contributed by atoms with Crippen LogP contribution in [0.3, 0.4) is 0 Å². The Balaban J connectivity index is 2.78. The molecule has 0 aromatic heterocycles. The number of amides is 1. The first-order chi connectivity index (χ1) is 7.32. The molecule has 0 saturated carbocycles. The fourth-order valence-corrected chi connectivity index (χ4v) is 1.43. The second-order valence-electron chi connectivity index (χ2n) is 3.55. The van der Waals surface area contributed by atoms with Gasteiger partial charge < -0.3 is 5.32 Å². The summed E-state index contributed by atoms with van der Waals surface area (Å²) >= 11 is 0. The Bertz CT molecular complexity index is 387. The Morgan fingerprint density at radius 2 is 1.88 bits per heavy atom. The number of rotatable bonds is 2. The van der Waals surface area contributed by atoms with E-state index in [1.165, 1.54) is 6.92 Å². The smallest absolute Gasteiger partial charge is 0.342 e. The molecular weight excluding hydrogens is 219 g/mol. The number of benzene rings is 1. The van der Waals surface area contributed by atoms with E-state index in [-0.39, 0.29) is 0 Å². The van der Waals surface area contributed by atoms with E-state index in [4.69, 9.17) is 0 Å². The van der Waals surface area contributed by atoms with Gasteiger partial charge in [-0.15, -0.1) is 0 Å². The highest BCUT2D eigenvalue weighted by molar-refractivity contribution is 5.82. The molecule has 1 aromatic rings. The SMILES string of the molecule is Cc1ccccc1C(C)NC(=O)C(F)(F)F. The van der Waals surface area contributed by atoms with Gasteiger partial charge in [0.05, 0.1) is 6.04 Å². The van der Waals surface area contributed by atoms with Gasteiger partial charge in [-0.3, -0.25) is 4.79 Å². The minimum Gasteiger partial charge on any atom is -0.342 e. The van der Waals surface area contributed by atoms with Crippen LogP contribution in [0.15, 0.2) is 24.3 Å². The molecular formula is C11H12F3NO. The zero-order valence-corrected chi connectivity index (χ0v) is 8.93. The number of hydrogen-bond donors (Lipinski definition) is 1. The predicted molar refractivity (Wildman–Crippen MR) is 53.8 cm³/mol. The summed E-state index contributed by atoms with van der Waals surface area (Å²) in [6, 6.07) is 6.33. The van der Waals surface area contributed by atoms with E-state index >= 15 is 0 Å². The average molecular weight is 231 g/mol. The minimum atomic E-state index is -4.84. The van der Waals surface area contributed by atoms with Crippen LogP contribution >= 0.6 is 0 Å². The van der Waals surface area contributed by atoms with Crippen molar-refractivity contribution in [1.29, 1.82) is 0 Å². The van der Waals surface area contributed by atoms with Gasteiger partial charge in [-0.25, -0.2) is 0 Å². The van der Waals surface area contributed by atoms with Crippen molar-refractivity contribution >= 4 is 5.91 Å². The number of alkyl halides is 3. The Hall–Kier alpha value is -1.52. The molecule has 1 unspecified atom stereocenters. The van der Waals surface area contributed by atoms with E-state index in [1.807, 2.05) is 5.32 Å². The molecule has 0 heterocycles. The van der Waals surface area contributed by atoms with Crippen molar-refractivity contribution in [2.45, 2.75) is 26.1 Å². The summed E-state index contributed by atoms with van der Waals surface area (Å²) < 4.78 is 36.0. The molecule has 0 aliphatic rings. The highest BCUT2D eigenvalue weighted by Gasteiger charge is 2.39. The lowest BCUT2D eigenvalue weighted by Gasteiger charge is -2.17. The van der Waals surface area contributed by atoms with Crippen LogP contribution in [0, 0.1) is 6.92 Å². The Kier molecular flexibility index (Phi) is 3.57. The van der Waals surface area contributed by atoms with E-state index < -0.39 is 18.1 Å². The second-order valence-corrected chi connectivity index (χ2v) is 3.55. The van der Waals surface area contributed by atoms with E-state index in [2.05, 4.69) is 0 Å². The molecule has 1 amide bonds. The third-order valence-electron chi connectivity index (χ3n) is 2.26. The van der Waals surface area contributed by atoms with Crippen LogP contribution in [0.5, 0.6) is 0 Å². The molecule has 1 N–H and O–H groups in total. The van der Waals surface area contributed by atoms with Gasteiger partial charge in [0.25, 0.3) is 0 Å². The minimum absolute atomic E-state index is 0.657. The van der Waals surface area contributed by atoms with Crippen LogP contribution < -0.4 is 5.32 Å². The van der Waals surface area contributed by atoms with Crippen molar-refractivity contribution in [2.75, 3.05) is 0 Å². The molecule has 0 spiro atoms. The summed E-state index contributed by atoms with van der Waals surface area (Å²) in [6.45, 7) is 3.30. The third kappa shape index (κ3) is 2.98. The molecule has 0 aliphatic heterocycles. The van der Waals surface area contributed by atoms with Crippen LogP contribution in [0.1, 0.15) is 24.1 Å². The third-order valence-corrected chi connectivity index (χ3v) is 2.26. The molecule has 5 heteroatoms. The number of hydrogen-bond acceptors (Lipinski definition) is 1. The maximum Gasteiger partial charge on any atom is 0.471 e. The molecule has 88 valence electrons. The van der Waals surface area contributed by atoms with Crippen LogP contribution in [-0.2, 0) is 4.79 Å². The number of carbonyl (C=O) groups excluding carboxylic acids is 1. The second kappa shape index (κ2) is 4.55. The Morgan fingerprint density at radius 3 is 2.38 bits per heavy atom. The summed E-state index contributed by atoms with van der Waals surface area (Å²) in [4.78, 5) is 10.7. The summed E-state index contributed by atoms with van der Waals surface area (Å²) in [5.41, 5.74) is 1.53. The van der Waals surface area contributed by atoms with Gasteiger partial charge in [0.1, 0.15) is 0 Å². The van der Waals surface area contributed by atoms with Gasteiger partial charge >= 0.3 is 12.1 Å².